The second kappa shape index (κ2) is 10.3. The average Bonchev–Trinajstić information content (AvgIpc) is 3.57. The van der Waals surface area contributed by atoms with Crippen molar-refractivity contribution in [2.24, 2.45) is 5.92 Å². The van der Waals surface area contributed by atoms with Gasteiger partial charge in [-0.1, -0.05) is 36.4 Å². The lowest BCUT2D eigenvalue weighted by Crippen LogP contribution is -2.48. The van der Waals surface area contributed by atoms with Crippen molar-refractivity contribution in [2.45, 2.75) is 43.6 Å². The summed E-state index contributed by atoms with van der Waals surface area (Å²) < 4.78 is 11.6. The molecule has 0 bridgehead atoms. The Labute approximate surface area is 213 Å². The van der Waals surface area contributed by atoms with Gasteiger partial charge in [-0.2, -0.15) is 0 Å². The highest BCUT2D eigenvalue weighted by Crippen LogP contribution is 2.41. The highest BCUT2D eigenvalue weighted by molar-refractivity contribution is 5.82. The van der Waals surface area contributed by atoms with Gasteiger partial charge >= 0.3 is 0 Å². The third-order valence-electron chi connectivity index (χ3n) is 8.23. The van der Waals surface area contributed by atoms with Crippen LogP contribution in [0.25, 0.3) is 11.0 Å². The van der Waals surface area contributed by atoms with Gasteiger partial charge in [-0.3, -0.25) is 4.79 Å². The van der Waals surface area contributed by atoms with E-state index in [-0.39, 0.29) is 11.8 Å². The van der Waals surface area contributed by atoms with E-state index in [2.05, 4.69) is 51.5 Å². The Kier molecular flexibility index (Phi) is 6.72. The van der Waals surface area contributed by atoms with Gasteiger partial charge in [0.2, 0.25) is 5.91 Å². The molecule has 1 N–H and O–H groups in total. The van der Waals surface area contributed by atoms with E-state index in [4.69, 9.17) is 9.15 Å². The van der Waals surface area contributed by atoms with Crippen LogP contribution in [-0.4, -0.2) is 63.3 Å². The molecule has 3 atom stereocenters. The van der Waals surface area contributed by atoms with Crippen LogP contribution in [0.15, 0.2) is 59.0 Å². The Morgan fingerprint density at radius 3 is 2.81 bits per heavy atom. The summed E-state index contributed by atoms with van der Waals surface area (Å²) in [5, 5.41) is 4.62. The van der Waals surface area contributed by atoms with Crippen LogP contribution in [0.4, 0.5) is 5.69 Å². The highest BCUT2D eigenvalue weighted by Gasteiger charge is 2.43. The number of anilines is 1. The van der Waals surface area contributed by atoms with Crippen LogP contribution >= 0.6 is 0 Å². The molecule has 1 saturated carbocycles. The molecule has 3 heterocycles. The zero-order valence-corrected chi connectivity index (χ0v) is 21.2. The summed E-state index contributed by atoms with van der Waals surface area (Å²) in [4.78, 5) is 18.9. The molecular formula is C30H37N3O3. The summed E-state index contributed by atoms with van der Waals surface area (Å²) in [6, 6.07) is 19.4. The number of ether oxygens (including phenoxy) is 1. The zero-order chi connectivity index (χ0) is 24.5. The number of furan rings is 1. The van der Waals surface area contributed by atoms with E-state index in [0.717, 1.165) is 75.2 Å². The first-order valence-electron chi connectivity index (χ1n) is 13.6. The average molecular weight is 488 g/mol. The number of methoxy groups -OCH3 is 1. The number of hydrogen-bond acceptors (Lipinski definition) is 5. The Morgan fingerprint density at radius 2 is 1.97 bits per heavy atom. The molecular weight excluding hydrogens is 450 g/mol. The smallest absolute Gasteiger partial charge is 0.227 e. The van der Waals surface area contributed by atoms with E-state index in [1.807, 2.05) is 18.2 Å². The fourth-order valence-electron chi connectivity index (χ4n) is 6.25. The van der Waals surface area contributed by atoms with E-state index in [1.54, 1.807) is 7.11 Å². The minimum Gasteiger partial charge on any atom is -0.461 e. The van der Waals surface area contributed by atoms with Crippen LogP contribution in [0.5, 0.6) is 0 Å². The number of nitrogens with zero attached hydrogens (tertiary/aromatic N) is 2. The minimum atomic E-state index is -0.0886. The number of fused-ring (bicyclic) bond motifs is 2. The first-order valence-corrected chi connectivity index (χ1v) is 13.6. The van der Waals surface area contributed by atoms with Gasteiger partial charge in [0.1, 0.15) is 11.3 Å². The van der Waals surface area contributed by atoms with Crippen molar-refractivity contribution < 1.29 is 13.9 Å². The number of piperidine rings is 1. The second-order valence-corrected chi connectivity index (χ2v) is 10.7. The SMILES string of the molecule is COCCCN1CC(CN(C(=O)[C@H]2CNCC[C@@H]2c2cc3ccccc3o2)C2CC2)c2ccccc21. The van der Waals surface area contributed by atoms with E-state index in [9.17, 15) is 4.79 Å². The third-order valence-corrected chi connectivity index (χ3v) is 8.23. The van der Waals surface area contributed by atoms with E-state index >= 15 is 0 Å². The Morgan fingerprint density at radius 1 is 1.14 bits per heavy atom. The quantitative estimate of drug-likeness (QED) is 0.441. The van der Waals surface area contributed by atoms with Crippen molar-refractivity contribution in [1.82, 2.24) is 10.2 Å². The van der Waals surface area contributed by atoms with Crippen molar-refractivity contribution in [3.63, 3.8) is 0 Å². The van der Waals surface area contributed by atoms with Crippen molar-refractivity contribution in [2.75, 3.05) is 51.3 Å². The number of para-hydroxylation sites is 2. The van der Waals surface area contributed by atoms with E-state index in [1.165, 1.54) is 11.3 Å². The number of nitrogens with one attached hydrogen (secondary N) is 1. The predicted molar refractivity (Wildman–Crippen MR) is 143 cm³/mol. The Balaban J connectivity index is 1.22. The van der Waals surface area contributed by atoms with Gasteiger partial charge in [0.25, 0.3) is 0 Å². The molecule has 3 aliphatic rings. The van der Waals surface area contributed by atoms with Crippen LogP contribution in [0, 0.1) is 5.92 Å². The number of benzene rings is 2. The van der Waals surface area contributed by atoms with Gasteiger partial charge in [0.05, 0.1) is 5.92 Å². The molecule has 6 heteroatoms. The van der Waals surface area contributed by atoms with E-state index in [0.29, 0.717) is 24.4 Å². The topological polar surface area (TPSA) is 58.0 Å². The van der Waals surface area contributed by atoms with Gasteiger partial charge in [0.15, 0.2) is 0 Å². The third kappa shape index (κ3) is 4.64. The minimum absolute atomic E-state index is 0.0886. The standard InChI is InChI=1S/C30H37N3O3/c1-35-16-6-15-32-19-22(24-8-3-4-9-27(24)32)20-33(23-11-12-23)30(34)26-18-31-14-13-25(26)29-17-21-7-2-5-10-28(21)36-29/h2-5,7-10,17,22-23,25-26,31H,6,11-16,18-20H2,1H3/t22?,25-,26-/m0/s1. The van der Waals surface area contributed by atoms with Crippen molar-refractivity contribution in [3.05, 3.63) is 65.9 Å². The molecule has 2 aromatic carbocycles. The maximum atomic E-state index is 14.2. The lowest BCUT2D eigenvalue weighted by atomic mass is 9.83. The summed E-state index contributed by atoms with van der Waals surface area (Å²) in [5.74, 6) is 1.63. The van der Waals surface area contributed by atoms with Gasteiger partial charge in [0, 0.05) is 68.8 Å². The molecule has 6 nitrogen and oxygen atoms in total. The molecule has 36 heavy (non-hydrogen) atoms. The summed E-state index contributed by atoms with van der Waals surface area (Å²) in [6.45, 7) is 5.16. The molecule has 6 rings (SSSR count). The summed E-state index contributed by atoms with van der Waals surface area (Å²) >= 11 is 0. The Hall–Kier alpha value is -2.83. The largest absolute Gasteiger partial charge is 0.461 e. The van der Waals surface area contributed by atoms with Gasteiger partial charge in [-0.05, 0) is 56.0 Å². The van der Waals surface area contributed by atoms with Gasteiger partial charge in [-0.15, -0.1) is 0 Å². The maximum absolute atomic E-state index is 14.2. The number of carbonyl (C=O) groups is 1. The Bertz CT molecular complexity index is 1170. The van der Waals surface area contributed by atoms with Crippen LogP contribution in [0.2, 0.25) is 0 Å². The first-order chi connectivity index (χ1) is 17.7. The molecule has 1 aromatic heterocycles. The maximum Gasteiger partial charge on any atom is 0.227 e. The number of carbonyl (C=O) groups excluding carboxylic acids is 1. The zero-order valence-electron chi connectivity index (χ0n) is 21.2. The van der Waals surface area contributed by atoms with Gasteiger partial charge in [-0.25, -0.2) is 0 Å². The predicted octanol–water partition coefficient (Wildman–Crippen LogP) is 4.76. The molecule has 1 amide bonds. The lowest BCUT2D eigenvalue weighted by molar-refractivity contribution is -0.137. The summed E-state index contributed by atoms with van der Waals surface area (Å²) in [7, 11) is 1.76. The van der Waals surface area contributed by atoms with Crippen molar-refractivity contribution in [3.8, 4) is 0 Å². The molecule has 2 aliphatic heterocycles. The van der Waals surface area contributed by atoms with Crippen LogP contribution < -0.4 is 10.2 Å². The van der Waals surface area contributed by atoms with Crippen molar-refractivity contribution in [1.29, 1.82) is 0 Å². The number of hydrogen-bond donors (Lipinski definition) is 1. The van der Waals surface area contributed by atoms with Gasteiger partial charge < -0.3 is 24.3 Å². The lowest BCUT2D eigenvalue weighted by Gasteiger charge is -2.35. The first kappa shape index (κ1) is 23.6. The molecule has 1 saturated heterocycles. The number of amides is 1. The van der Waals surface area contributed by atoms with Crippen LogP contribution in [-0.2, 0) is 9.53 Å². The fraction of sp³-hybridized carbons (Fsp3) is 0.500. The van der Waals surface area contributed by atoms with Crippen molar-refractivity contribution >= 4 is 22.6 Å². The molecule has 190 valence electrons. The molecule has 1 aliphatic carbocycles. The van der Waals surface area contributed by atoms with Crippen LogP contribution in [0.1, 0.15) is 48.8 Å². The summed E-state index contributed by atoms with van der Waals surface area (Å²) in [6.07, 6.45) is 4.17. The number of rotatable bonds is 9. The molecule has 0 radical (unpaired) electrons. The molecule has 0 spiro atoms. The fourth-order valence-corrected chi connectivity index (χ4v) is 6.25. The van der Waals surface area contributed by atoms with Crippen LogP contribution in [0.3, 0.4) is 0 Å². The van der Waals surface area contributed by atoms with E-state index < -0.39 is 0 Å². The molecule has 1 unspecified atom stereocenters. The monoisotopic (exact) mass is 487 g/mol. The highest BCUT2D eigenvalue weighted by atomic mass is 16.5. The molecule has 3 aromatic rings. The second-order valence-electron chi connectivity index (χ2n) is 10.7. The normalized spacial score (nSPS) is 23.7. The summed E-state index contributed by atoms with van der Waals surface area (Å²) in [5.41, 5.74) is 3.61. The molecule has 2 fully saturated rings.